The number of piperazine rings is 1. The lowest BCUT2D eigenvalue weighted by molar-refractivity contribution is 0.111. The van der Waals surface area contributed by atoms with Gasteiger partial charge in [0.1, 0.15) is 29.4 Å². The molecule has 1 aromatic carbocycles. The van der Waals surface area contributed by atoms with Crippen molar-refractivity contribution in [2.24, 2.45) is 0 Å². The third-order valence-corrected chi connectivity index (χ3v) is 8.11. The number of ether oxygens (including phenoxy) is 1. The van der Waals surface area contributed by atoms with Gasteiger partial charge in [-0.25, -0.2) is 19.9 Å². The van der Waals surface area contributed by atoms with E-state index < -0.39 is 0 Å². The normalized spacial score (nSPS) is 14.4. The quantitative estimate of drug-likeness (QED) is 0.154. The Labute approximate surface area is 244 Å². The second-order valence-corrected chi connectivity index (χ2v) is 13.0. The molecule has 1 saturated heterocycles. The topological polar surface area (TPSA) is 125 Å². The van der Waals surface area contributed by atoms with Gasteiger partial charge in [0.15, 0.2) is 12.1 Å². The van der Waals surface area contributed by atoms with Crippen molar-refractivity contribution in [2.75, 3.05) is 49.5 Å². The highest BCUT2D eigenvalue weighted by molar-refractivity contribution is 8.00. The van der Waals surface area contributed by atoms with E-state index in [0.29, 0.717) is 18.6 Å². The number of H-pyrrole nitrogens is 1. The van der Waals surface area contributed by atoms with Crippen molar-refractivity contribution >= 4 is 46.4 Å². The van der Waals surface area contributed by atoms with Gasteiger partial charge < -0.3 is 15.0 Å². The molecule has 11 nitrogen and oxygen atoms in total. The molecule has 3 aromatic heterocycles. The third kappa shape index (κ3) is 7.12. The Hall–Kier alpha value is -3.77. The zero-order chi connectivity index (χ0) is 29.0. The number of fused-ring (bicyclic) bond motifs is 1. The zero-order valence-corrected chi connectivity index (χ0v) is 25.1. The van der Waals surface area contributed by atoms with Gasteiger partial charge >= 0.3 is 0 Å². The summed E-state index contributed by atoms with van der Waals surface area (Å²) in [7, 11) is 0. The van der Waals surface area contributed by atoms with E-state index in [1.165, 1.54) is 6.20 Å². The molecule has 0 aliphatic carbocycles. The molecule has 0 amide bonds. The number of hydrogen-bond donors (Lipinski definition) is 2. The minimum Gasteiger partial charge on any atom is -0.492 e. The summed E-state index contributed by atoms with van der Waals surface area (Å²) in [5.74, 6) is 3.14. The van der Waals surface area contributed by atoms with E-state index in [2.05, 4.69) is 72.1 Å². The highest BCUT2D eigenvalue weighted by Crippen LogP contribution is 2.41. The molecule has 12 heteroatoms. The summed E-state index contributed by atoms with van der Waals surface area (Å²) in [5, 5.41) is 11.7. The first-order chi connectivity index (χ1) is 19.7. The van der Waals surface area contributed by atoms with E-state index in [1.54, 1.807) is 24.3 Å². The van der Waals surface area contributed by atoms with E-state index in [-0.39, 0.29) is 4.75 Å². The number of carbonyl (C=O) groups excluding carboxylic acids is 1. The number of nitrogens with zero attached hydrogens (tertiary/aromatic N) is 7. The molecule has 216 valence electrons. The monoisotopic (exact) mass is 575 g/mol. The molecule has 0 bridgehead atoms. The number of aromatic amines is 1. The number of aldehydes is 1. The Morgan fingerprint density at radius 3 is 2.51 bits per heavy atom. The zero-order valence-electron chi connectivity index (χ0n) is 24.3. The average Bonchev–Trinajstić information content (AvgIpc) is 3.27. The fraction of sp³-hybridized carbons (Fsp3) is 0.448. The van der Waals surface area contributed by atoms with Crippen LogP contribution in [-0.2, 0) is 0 Å². The fourth-order valence-electron chi connectivity index (χ4n) is 4.63. The van der Waals surface area contributed by atoms with Crippen LogP contribution in [0.1, 0.15) is 48.9 Å². The van der Waals surface area contributed by atoms with Gasteiger partial charge in [0, 0.05) is 60.2 Å². The van der Waals surface area contributed by atoms with Crippen LogP contribution in [-0.4, -0.2) is 85.4 Å². The second kappa shape index (κ2) is 12.4. The van der Waals surface area contributed by atoms with Crippen molar-refractivity contribution in [3.63, 3.8) is 0 Å². The molecule has 4 heterocycles. The molecular weight excluding hydrogens is 538 g/mol. The van der Waals surface area contributed by atoms with Gasteiger partial charge in [0.05, 0.1) is 29.4 Å². The number of aromatic nitrogens is 6. The minimum atomic E-state index is 0.00250. The fourth-order valence-corrected chi connectivity index (χ4v) is 5.69. The summed E-state index contributed by atoms with van der Waals surface area (Å²) in [6.07, 6.45) is 6.40. The van der Waals surface area contributed by atoms with Crippen LogP contribution in [0.2, 0.25) is 0 Å². The van der Waals surface area contributed by atoms with Gasteiger partial charge in [-0.15, -0.1) is 11.8 Å². The maximum absolute atomic E-state index is 10.8. The largest absolute Gasteiger partial charge is 0.492 e. The lowest BCUT2D eigenvalue weighted by Crippen LogP contribution is -2.47. The third-order valence-electron chi connectivity index (χ3n) is 6.96. The number of carbonyl (C=O) groups is 1. The van der Waals surface area contributed by atoms with E-state index in [1.807, 2.05) is 19.9 Å². The maximum Gasteiger partial charge on any atom is 0.170 e. The number of rotatable bonds is 10. The first kappa shape index (κ1) is 28.7. The van der Waals surface area contributed by atoms with Crippen molar-refractivity contribution in [1.82, 2.24) is 35.0 Å². The van der Waals surface area contributed by atoms with Crippen LogP contribution >= 0.6 is 11.8 Å². The van der Waals surface area contributed by atoms with E-state index in [0.717, 1.165) is 89.4 Å². The van der Waals surface area contributed by atoms with Crippen molar-refractivity contribution in [2.45, 2.75) is 50.7 Å². The molecule has 2 N–H and O–H groups in total. The lowest BCUT2D eigenvalue weighted by Gasteiger charge is -2.35. The van der Waals surface area contributed by atoms with Gasteiger partial charge in [0.25, 0.3) is 0 Å². The summed E-state index contributed by atoms with van der Waals surface area (Å²) < 4.78 is 6.37. The number of thioether (sulfide) groups is 1. The molecule has 1 aliphatic rings. The predicted octanol–water partition coefficient (Wildman–Crippen LogP) is 4.80. The Morgan fingerprint density at radius 1 is 1.05 bits per heavy atom. The number of anilines is 3. The van der Waals surface area contributed by atoms with Gasteiger partial charge in [-0.2, -0.15) is 5.10 Å². The SMILES string of the molecule is Cc1[nH]nc(Nc2ncnc3cc(OCCCN4CCN(c5cnc(C=O)cn5)CC4)c(SC(C)(C)C)cc23)c1C. The summed E-state index contributed by atoms with van der Waals surface area (Å²) >= 11 is 1.77. The van der Waals surface area contributed by atoms with Crippen LogP contribution in [0.5, 0.6) is 5.75 Å². The van der Waals surface area contributed by atoms with Crippen LogP contribution in [0, 0.1) is 13.8 Å². The molecule has 0 spiro atoms. The molecule has 1 aliphatic heterocycles. The summed E-state index contributed by atoms with van der Waals surface area (Å²) in [5.41, 5.74) is 3.25. The molecule has 0 unspecified atom stereocenters. The standard InChI is InChI=1S/C29H37N9O2S/c1-19-20(2)35-36-27(19)34-28-22-13-25(41-29(3,4)5)24(14-23(22)32-18-33-28)40-12-6-7-37-8-10-38(11-9-37)26-16-30-21(17-39)15-31-26/h13-18H,6-12H2,1-5H3,(H2,32,33,34,35,36). The average molecular weight is 576 g/mol. The predicted molar refractivity (Wildman–Crippen MR) is 163 cm³/mol. The van der Waals surface area contributed by atoms with Crippen LogP contribution in [0.25, 0.3) is 10.9 Å². The molecule has 5 rings (SSSR count). The number of hydrogen-bond acceptors (Lipinski definition) is 11. The van der Waals surface area contributed by atoms with Gasteiger partial charge in [-0.3, -0.25) is 14.8 Å². The summed E-state index contributed by atoms with van der Waals surface area (Å²) in [4.78, 5) is 34.1. The molecule has 4 aromatic rings. The van der Waals surface area contributed by atoms with Crippen LogP contribution in [0.4, 0.5) is 17.5 Å². The van der Waals surface area contributed by atoms with Crippen LogP contribution < -0.4 is 15.0 Å². The van der Waals surface area contributed by atoms with Crippen molar-refractivity contribution < 1.29 is 9.53 Å². The number of aryl methyl sites for hydroxylation is 1. The molecule has 1 fully saturated rings. The maximum atomic E-state index is 10.8. The van der Waals surface area contributed by atoms with Crippen molar-refractivity contribution in [3.8, 4) is 5.75 Å². The second-order valence-electron chi connectivity index (χ2n) is 11.1. The van der Waals surface area contributed by atoms with Crippen LogP contribution in [0.15, 0.2) is 35.7 Å². The van der Waals surface area contributed by atoms with Crippen molar-refractivity contribution in [1.29, 1.82) is 0 Å². The smallest absolute Gasteiger partial charge is 0.170 e. The molecular formula is C29H37N9O2S. The highest BCUT2D eigenvalue weighted by atomic mass is 32.2. The summed E-state index contributed by atoms with van der Waals surface area (Å²) in [6, 6.07) is 4.15. The van der Waals surface area contributed by atoms with Crippen molar-refractivity contribution in [3.05, 3.63) is 47.8 Å². The van der Waals surface area contributed by atoms with Gasteiger partial charge in [-0.1, -0.05) is 20.8 Å². The Kier molecular flexibility index (Phi) is 8.69. The number of benzene rings is 1. The minimum absolute atomic E-state index is 0.00250. The molecule has 0 saturated carbocycles. The van der Waals surface area contributed by atoms with Gasteiger partial charge in [-0.05, 0) is 26.3 Å². The Morgan fingerprint density at radius 2 is 1.85 bits per heavy atom. The Balaban J connectivity index is 1.22. The van der Waals surface area contributed by atoms with Crippen LogP contribution in [0.3, 0.4) is 0 Å². The van der Waals surface area contributed by atoms with E-state index in [9.17, 15) is 4.79 Å². The molecule has 0 radical (unpaired) electrons. The first-order valence-corrected chi connectivity index (χ1v) is 14.7. The van der Waals surface area contributed by atoms with E-state index >= 15 is 0 Å². The Bertz CT molecular complexity index is 1490. The summed E-state index contributed by atoms with van der Waals surface area (Å²) in [6.45, 7) is 15.8. The van der Waals surface area contributed by atoms with Gasteiger partial charge in [0.2, 0.25) is 0 Å². The molecule has 0 atom stereocenters. The lowest BCUT2D eigenvalue weighted by atomic mass is 10.2. The number of nitrogens with one attached hydrogen (secondary N) is 2. The molecule has 41 heavy (non-hydrogen) atoms. The highest BCUT2D eigenvalue weighted by Gasteiger charge is 2.20. The first-order valence-electron chi connectivity index (χ1n) is 13.8. The van der Waals surface area contributed by atoms with E-state index in [4.69, 9.17) is 4.74 Å².